The maximum absolute atomic E-state index is 10.1. The molecule has 176 valence electrons. The molecular weight excluding hydrogens is 452 g/mol. The van der Waals surface area contributed by atoms with Gasteiger partial charge in [0.15, 0.2) is 11.5 Å². The first-order chi connectivity index (χ1) is 16.6. The molecule has 1 atom stereocenters. The van der Waals surface area contributed by atoms with E-state index >= 15 is 0 Å². The molecule has 1 fully saturated rings. The van der Waals surface area contributed by atoms with Crippen LogP contribution >= 0.6 is 11.6 Å². The highest BCUT2D eigenvalue weighted by molar-refractivity contribution is 6.30. The average Bonchev–Trinajstić information content (AvgIpc) is 3.11. The molecule has 7 heteroatoms. The summed E-state index contributed by atoms with van der Waals surface area (Å²) in [6.07, 6.45) is 5.44. The van der Waals surface area contributed by atoms with E-state index in [9.17, 15) is 5.11 Å². The van der Waals surface area contributed by atoms with Crippen LogP contribution in [0.25, 0.3) is 0 Å². The van der Waals surface area contributed by atoms with Crippen LogP contribution in [0.3, 0.4) is 0 Å². The molecule has 1 unspecified atom stereocenters. The van der Waals surface area contributed by atoms with E-state index in [0.29, 0.717) is 11.6 Å². The number of hydrogen-bond acceptors (Lipinski definition) is 6. The van der Waals surface area contributed by atoms with Crippen molar-refractivity contribution in [3.63, 3.8) is 0 Å². The number of hydrogen-bond donors (Lipinski definition) is 1. The highest BCUT2D eigenvalue weighted by Gasteiger charge is 2.44. The van der Waals surface area contributed by atoms with E-state index in [0.717, 1.165) is 73.8 Å². The molecule has 1 N–H and O–H groups in total. The monoisotopic (exact) mass is 478 g/mol. The molecule has 2 aromatic carbocycles. The van der Waals surface area contributed by atoms with Crippen molar-refractivity contribution in [2.45, 2.75) is 44.0 Å². The minimum Gasteiger partial charge on any atom is -0.508 e. The quantitative estimate of drug-likeness (QED) is 0.533. The van der Waals surface area contributed by atoms with Crippen molar-refractivity contribution < 1.29 is 19.3 Å². The number of ether oxygens (including phenoxy) is 3. The number of halogens is 1. The van der Waals surface area contributed by atoms with Gasteiger partial charge < -0.3 is 24.2 Å². The summed E-state index contributed by atoms with van der Waals surface area (Å²) in [4.78, 5) is 7.04. The Bertz CT molecular complexity index is 1210. The molecular formula is C27H27ClN2O4. The summed E-state index contributed by atoms with van der Waals surface area (Å²) >= 11 is 6.11. The number of nitrogens with zero attached hydrogens (tertiary/aromatic N) is 2. The van der Waals surface area contributed by atoms with Crippen molar-refractivity contribution in [3.8, 4) is 23.0 Å². The maximum Gasteiger partial charge on any atom is 0.254 e. The molecule has 0 aliphatic carbocycles. The lowest BCUT2D eigenvalue weighted by atomic mass is 9.86. The van der Waals surface area contributed by atoms with E-state index < -0.39 is 5.79 Å². The van der Waals surface area contributed by atoms with Crippen LogP contribution in [-0.2, 0) is 6.61 Å². The zero-order chi connectivity index (χ0) is 23.1. The molecule has 4 heterocycles. The summed E-state index contributed by atoms with van der Waals surface area (Å²) in [5.41, 5.74) is 3.19. The van der Waals surface area contributed by atoms with Crippen LogP contribution in [-0.4, -0.2) is 40.4 Å². The topological polar surface area (TPSA) is 64.1 Å². The van der Waals surface area contributed by atoms with E-state index in [2.05, 4.69) is 16.0 Å². The minimum atomic E-state index is -0.566. The van der Waals surface area contributed by atoms with Crippen LogP contribution in [0.15, 0.2) is 54.7 Å². The van der Waals surface area contributed by atoms with Crippen LogP contribution in [0.1, 0.15) is 48.4 Å². The second-order valence-electron chi connectivity index (χ2n) is 9.29. The Balaban J connectivity index is 1.10. The van der Waals surface area contributed by atoms with Crippen molar-refractivity contribution in [3.05, 3.63) is 76.6 Å². The Kier molecular flexibility index (Phi) is 5.50. The standard InChI is InChI=1S/C27H27ClN2O4/c28-18-5-7-25-26(15-18)34-27(33-25)9-13-30(14-10-27)12-2-4-20-21-3-1-11-29-23(21)17-32-24-8-6-19(31)16-22(20)24/h1,3,5-8,11,15-16,20,31H,2,4,9-10,12-14,17H2. The lowest BCUT2D eigenvalue weighted by Gasteiger charge is -2.37. The Morgan fingerprint density at radius 2 is 1.82 bits per heavy atom. The number of likely N-dealkylation sites (tertiary alicyclic amines) is 1. The number of rotatable bonds is 4. The maximum atomic E-state index is 10.1. The number of phenols is 1. The predicted molar refractivity (Wildman–Crippen MR) is 129 cm³/mol. The zero-order valence-electron chi connectivity index (χ0n) is 18.9. The Hall–Kier alpha value is -2.96. The SMILES string of the molecule is Oc1ccc2c(c1)C(CCCN1CCC3(CC1)Oc1ccc(Cl)cc1O3)c1cccnc1CO2. The second kappa shape index (κ2) is 8.67. The average molecular weight is 479 g/mol. The summed E-state index contributed by atoms with van der Waals surface area (Å²) in [5.74, 6) is 2.19. The number of aromatic hydroxyl groups is 1. The number of benzene rings is 2. The van der Waals surface area contributed by atoms with Gasteiger partial charge in [0.25, 0.3) is 5.79 Å². The highest BCUT2D eigenvalue weighted by atomic mass is 35.5. The van der Waals surface area contributed by atoms with Crippen molar-refractivity contribution in [1.29, 1.82) is 0 Å². The van der Waals surface area contributed by atoms with Gasteiger partial charge in [0.1, 0.15) is 18.1 Å². The smallest absolute Gasteiger partial charge is 0.254 e. The molecule has 0 radical (unpaired) electrons. The zero-order valence-corrected chi connectivity index (χ0v) is 19.6. The van der Waals surface area contributed by atoms with E-state index in [1.54, 1.807) is 6.07 Å². The third-order valence-corrected chi connectivity index (χ3v) is 7.35. The van der Waals surface area contributed by atoms with Gasteiger partial charge in [-0.1, -0.05) is 17.7 Å². The lowest BCUT2D eigenvalue weighted by molar-refractivity contribution is -0.118. The molecule has 1 saturated heterocycles. The van der Waals surface area contributed by atoms with Crippen molar-refractivity contribution in [2.24, 2.45) is 0 Å². The van der Waals surface area contributed by atoms with Gasteiger partial charge in [0.2, 0.25) is 0 Å². The van der Waals surface area contributed by atoms with Gasteiger partial charge in [0.05, 0.1) is 5.69 Å². The largest absolute Gasteiger partial charge is 0.508 e. The van der Waals surface area contributed by atoms with E-state index in [1.807, 2.05) is 42.6 Å². The summed E-state index contributed by atoms with van der Waals surface area (Å²) in [7, 11) is 0. The number of pyridine rings is 1. The van der Waals surface area contributed by atoms with Gasteiger partial charge in [-0.2, -0.15) is 0 Å². The number of phenolic OH excluding ortho intramolecular Hbond substituents is 1. The third kappa shape index (κ3) is 4.05. The molecule has 3 aliphatic rings. The molecule has 6 nitrogen and oxygen atoms in total. The van der Waals surface area contributed by atoms with E-state index in [-0.39, 0.29) is 11.7 Å². The molecule has 0 amide bonds. The van der Waals surface area contributed by atoms with Crippen molar-refractivity contribution in [1.82, 2.24) is 9.88 Å². The molecule has 1 spiro atoms. The highest BCUT2D eigenvalue weighted by Crippen LogP contribution is 2.45. The summed E-state index contributed by atoms with van der Waals surface area (Å²) < 4.78 is 18.4. The molecule has 6 rings (SSSR count). The fourth-order valence-electron chi connectivity index (χ4n) is 5.36. The van der Waals surface area contributed by atoms with Crippen molar-refractivity contribution in [2.75, 3.05) is 19.6 Å². The lowest BCUT2D eigenvalue weighted by Crippen LogP contribution is -2.49. The first-order valence-electron chi connectivity index (χ1n) is 11.9. The minimum absolute atomic E-state index is 0.144. The van der Waals surface area contributed by atoms with Crippen LogP contribution in [0.2, 0.25) is 5.02 Å². The van der Waals surface area contributed by atoms with Crippen LogP contribution in [0.4, 0.5) is 0 Å². The molecule has 0 saturated carbocycles. The van der Waals surface area contributed by atoms with Gasteiger partial charge in [-0.3, -0.25) is 4.98 Å². The molecule has 3 aromatic rings. The normalized spacial score (nSPS) is 20.3. The molecule has 34 heavy (non-hydrogen) atoms. The van der Waals surface area contributed by atoms with Gasteiger partial charge in [0, 0.05) is 54.7 Å². The fraction of sp³-hybridized carbons (Fsp3) is 0.370. The van der Waals surface area contributed by atoms with Gasteiger partial charge in [-0.15, -0.1) is 0 Å². The van der Waals surface area contributed by atoms with E-state index in [1.165, 1.54) is 5.56 Å². The second-order valence-corrected chi connectivity index (χ2v) is 9.73. The van der Waals surface area contributed by atoms with Crippen molar-refractivity contribution >= 4 is 11.6 Å². The number of fused-ring (bicyclic) bond motifs is 3. The Labute approximate surface area is 204 Å². The van der Waals surface area contributed by atoms with Gasteiger partial charge in [-0.25, -0.2) is 0 Å². The Morgan fingerprint density at radius 3 is 2.71 bits per heavy atom. The third-order valence-electron chi connectivity index (χ3n) is 7.12. The summed E-state index contributed by atoms with van der Waals surface area (Å²) in [6.45, 7) is 3.29. The molecule has 3 aliphatic heterocycles. The number of piperidine rings is 1. The first-order valence-corrected chi connectivity index (χ1v) is 12.3. The first kappa shape index (κ1) is 21.6. The summed E-state index contributed by atoms with van der Waals surface area (Å²) in [5, 5.41) is 10.8. The number of aromatic nitrogens is 1. The van der Waals surface area contributed by atoms with Crippen LogP contribution in [0.5, 0.6) is 23.0 Å². The summed E-state index contributed by atoms with van der Waals surface area (Å²) in [6, 6.07) is 15.1. The van der Waals surface area contributed by atoms with Crippen LogP contribution in [0, 0.1) is 0 Å². The molecule has 1 aromatic heterocycles. The van der Waals surface area contributed by atoms with E-state index in [4.69, 9.17) is 25.8 Å². The fourth-order valence-corrected chi connectivity index (χ4v) is 5.52. The van der Waals surface area contributed by atoms with Crippen LogP contribution < -0.4 is 14.2 Å². The Morgan fingerprint density at radius 1 is 1.00 bits per heavy atom. The van der Waals surface area contributed by atoms with Gasteiger partial charge in [-0.05, 0) is 61.3 Å². The van der Waals surface area contributed by atoms with Gasteiger partial charge >= 0.3 is 0 Å². The predicted octanol–water partition coefficient (Wildman–Crippen LogP) is 5.51. The molecule has 0 bridgehead atoms.